The lowest BCUT2D eigenvalue weighted by atomic mass is 9.89. The maximum absolute atomic E-state index is 12.7. The van der Waals surface area contributed by atoms with Crippen molar-refractivity contribution in [3.8, 4) is 0 Å². The van der Waals surface area contributed by atoms with Crippen molar-refractivity contribution in [3.63, 3.8) is 0 Å². The number of halogens is 1. The number of alkyl halides is 1. The van der Waals surface area contributed by atoms with E-state index < -0.39 is 6.17 Å². The second-order valence-corrected chi connectivity index (χ2v) is 5.41. The van der Waals surface area contributed by atoms with Crippen molar-refractivity contribution in [1.82, 2.24) is 19.9 Å². The Morgan fingerprint density at radius 1 is 1.61 bits per heavy atom. The molecule has 3 heterocycles. The first kappa shape index (κ1) is 11.6. The number of ether oxygens (including phenoxy) is 1. The minimum atomic E-state index is -0.893. The summed E-state index contributed by atoms with van der Waals surface area (Å²) in [7, 11) is 0. The van der Waals surface area contributed by atoms with E-state index in [0.29, 0.717) is 19.8 Å². The first-order chi connectivity index (χ1) is 8.56. The molecule has 2 fully saturated rings. The maximum Gasteiger partial charge on any atom is 0.276 e. The van der Waals surface area contributed by atoms with Crippen molar-refractivity contribution >= 4 is 5.91 Å². The molecular formula is C11H15FN4O2. The quantitative estimate of drug-likeness (QED) is 0.768. The zero-order chi connectivity index (χ0) is 12.8. The Morgan fingerprint density at radius 2 is 2.33 bits per heavy atom. The van der Waals surface area contributed by atoms with Crippen LogP contribution in [-0.2, 0) is 11.3 Å². The summed E-state index contributed by atoms with van der Waals surface area (Å²) < 4.78 is 19.5. The molecular weight excluding hydrogens is 239 g/mol. The van der Waals surface area contributed by atoms with Crippen molar-refractivity contribution in [2.75, 3.05) is 26.3 Å². The number of likely N-dealkylation sites (tertiary alicyclic amines) is 1. The smallest absolute Gasteiger partial charge is 0.276 e. The van der Waals surface area contributed by atoms with E-state index in [0.717, 1.165) is 0 Å². The molecule has 6 nitrogen and oxygen atoms in total. The number of carbonyl (C=O) groups excluding carboxylic acids is 1. The van der Waals surface area contributed by atoms with Crippen LogP contribution < -0.4 is 0 Å². The Morgan fingerprint density at radius 3 is 2.89 bits per heavy atom. The van der Waals surface area contributed by atoms with Gasteiger partial charge >= 0.3 is 0 Å². The molecule has 3 rings (SSSR count). The molecule has 0 atom stereocenters. The molecule has 98 valence electrons. The normalized spacial score (nSPS) is 22.4. The first-order valence-corrected chi connectivity index (χ1v) is 5.97. The van der Waals surface area contributed by atoms with E-state index in [9.17, 15) is 9.18 Å². The topological polar surface area (TPSA) is 60.2 Å². The Balaban J connectivity index is 1.64. The third-order valence-electron chi connectivity index (χ3n) is 3.33. The Kier molecular flexibility index (Phi) is 2.58. The van der Waals surface area contributed by atoms with Crippen LogP contribution in [0.5, 0.6) is 0 Å². The largest absolute Gasteiger partial charge is 0.380 e. The molecule has 2 saturated heterocycles. The molecule has 0 radical (unpaired) electrons. The SMILES string of the molecule is CC1(Cn2cc(C(=O)N3CC(F)C3)nn2)COC1. The van der Waals surface area contributed by atoms with Gasteiger partial charge in [-0.1, -0.05) is 12.1 Å². The summed E-state index contributed by atoms with van der Waals surface area (Å²) in [5.41, 5.74) is 0.361. The highest BCUT2D eigenvalue weighted by Crippen LogP contribution is 2.28. The van der Waals surface area contributed by atoms with Crippen LogP contribution in [0.4, 0.5) is 4.39 Å². The molecule has 0 N–H and O–H groups in total. The average molecular weight is 254 g/mol. The molecule has 7 heteroatoms. The number of amides is 1. The number of carbonyl (C=O) groups is 1. The summed E-state index contributed by atoms with van der Waals surface area (Å²) in [6.45, 7) is 4.51. The fourth-order valence-corrected chi connectivity index (χ4v) is 2.16. The number of hydrogen-bond donors (Lipinski definition) is 0. The molecule has 0 saturated carbocycles. The molecule has 0 aromatic carbocycles. The Hall–Kier alpha value is -1.50. The van der Waals surface area contributed by atoms with Crippen LogP contribution in [0.15, 0.2) is 6.20 Å². The van der Waals surface area contributed by atoms with Gasteiger partial charge in [0.1, 0.15) is 6.17 Å². The Bertz CT molecular complexity index is 465. The van der Waals surface area contributed by atoms with E-state index in [1.807, 2.05) is 0 Å². The summed E-state index contributed by atoms with van der Waals surface area (Å²) in [6.07, 6.45) is 0.729. The third-order valence-corrected chi connectivity index (χ3v) is 3.33. The molecule has 1 amide bonds. The highest BCUT2D eigenvalue weighted by atomic mass is 19.1. The van der Waals surface area contributed by atoms with Gasteiger partial charge in [-0.15, -0.1) is 5.10 Å². The lowest BCUT2D eigenvalue weighted by Crippen LogP contribution is -2.51. The van der Waals surface area contributed by atoms with E-state index in [-0.39, 0.29) is 30.1 Å². The summed E-state index contributed by atoms with van der Waals surface area (Å²) in [5.74, 6) is -0.245. The Labute approximate surface area is 104 Å². The predicted octanol–water partition coefficient (Wildman–Crippen LogP) is 0.108. The van der Waals surface area contributed by atoms with Gasteiger partial charge in [0.2, 0.25) is 0 Å². The zero-order valence-corrected chi connectivity index (χ0v) is 10.2. The van der Waals surface area contributed by atoms with Gasteiger partial charge in [0.25, 0.3) is 5.91 Å². The zero-order valence-electron chi connectivity index (χ0n) is 10.2. The van der Waals surface area contributed by atoms with E-state index >= 15 is 0 Å². The molecule has 2 aliphatic rings. The summed E-state index contributed by atoms with van der Waals surface area (Å²) in [4.78, 5) is 13.3. The van der Waals surface area contributed by atoms with Crippen LogP contribution in [0.25, 0.3) is 0 Å². The highest BCUT2D eigenvalue weighted by molar-refractivity contribution is 5.92. The van der Waals surface area contributed by atoms with Gasteiger partial charge in [0.15, 0.2) is 5.69 Å². The molecule has 1 aromatic heterocycles. The van der Waals surface area contributed by atoms with Crippen molar-refractivity contribution in [2.45, 2.75) is 19.6 Å². The van der Waals surface area contributed by atoms with Gasteiger partial charge in [0, 0.05) is 5.41 Å². The van der Waals surface area contributed by atoms with E-state index in [1.54, 1.807) is 10.9 Å². The summed E-state index contributed by atoms with van der Waals surface area (Å²) in [6, 6.07) is 0. The minimum Gasteiger partial charge on any atom is -0.380 e. The molecule has 0 unspecified atom stereocenters. The van der Waals surface area contributed by atoms with Crippen molar-refractivity contribution in [2.24, 2.45) is 5.41 Å². The predicted molar refractivity (Wildman–Crippen MR) is 59.7 cm³/mol. The summed E-state index contributed by atoms with van der Waals surface area (Å²) in [5, 5.41) is 7.78. The molecule has 0 spiro atoms. The fraction of sp³-hybridized carbons (Fsp3) is 0.727. The molecule has 0 bridgehead atoms. The van der Waals surface area contributed by atoms with Gasteiger partial charge in [-0.2, -0.15) is 0 Å². The molecule has 1 aromatic rings. The number of hydrogen-bond acceptors (Lipinski definition) is 4. The van der Waals surface area contributed by atoms with Crippen LogP contribution in [0, 0.1) is 5.41 Å². The average Bonchev–Trinajstić information content (AvgIpc) is 2.70. The molecule has 18 heavy (non-hydrogen) atoms. The lowest BCUT2D eigenvalue weighted by Gasteiger charge is -2.37. The van der Waals surface area contributed by atoms with E-state index in [4.69, 9.17) is 4.74 Å². The van der Waals surface area contributed by atoms with Gasteiger partial charge in [-0.25, -0.2) is 4.39 Å². The van der Waals surface area contributed by atoms with Crippen LogP contribution in [0.2, 0.25) is 0 Å². The van der Waals surface area contributed by atoms with Crippen LogP contribution >= 0.6 is 0 Å². The van der Waals surface area contributed by atoms with Gasteiger partial charge in [0.05, 0.1) is 39.0 Å². The minimum absolute atomic E-state index is 0.0782. The molecule has 2 aliphatic heterocycles. The van der Waals surface area contributed by atoms with E-state index in [1.165, 1.54) is 4.90 Å². The number of nitrogens with zero attached hydrogens (tertiary/aromatic N) is 4. The van der Waals surface area contributed by atoms with Crippen LogP contribution in [-0.4, -0.2) is 58.3 Å². The molecule has 0 aliphatic carbocycles. The standard InChI is InChI=1S/C11H15FN4O2/c1-11(6-18-7-11)5-16-4-9(13-14-16)10(17)15-2-8(12)3-15/h4,8H,2-3,5-7H2,1H3. The van der Waals surface area contributed by atoms with Crippen molar-refractivity contribution < 1.29 is 13.9 Å². The third kappa shape index (κ3) is 1.98. The van der Waals surface area contributed by atoms with Gasteiger partial charge < -0.3 is 9.64 Å². The first-order valence-electron chi connectivity index (χ1n) is 5.97. The number of aromatic nitrogens is 3. The monoisotopic (exact) mass is 254 g/mol. The van der Waals surface area contributed by atoms with Crippen LogP contribution in [0.1, 0.15) is 17.4 Å². The lowest BCUT2D eigenvalue weighted by molar-refractivity contribution is -0.111. The second kappa shape index (κ2) is 4.01. The highest BCUT2D eigenvalue weighted by Gasteiger charge is 2.35. The maximum atomic E-state index is 12.7. The number of rotatable bonds is 3. The second-order valence-electron chi connectivity index (χ2n) is 5.41. The summed E-state index contributed by atoms with van der Waals surface area (Å²) >= 11 is 0. The fourth-order valence-electron chi connectivity index (χ4n) is 2.16. The van der Waals surface area contributed by atoms with Gasteiger partial charge in [-0.3, -0.25) is 9.48 Å². The van der Waals surface area contributed by atoms with Crippen molar-refractivity contribution in [3.05, 3.63) is 11.9 Å². The van der Waals surface area contributed by atoms with Gasteiger partial charge in [-0.05, 0) is 0 Å². The van der Waals surface area contributed by atoms with Crippen LogP contribution in [0.3, 0.4) is 0 Å². The van der Waals surface area contributed by atoms with E-state index in [2.05, 4.69) is 17.2 Å². The van der Waals surface area contributed by atoms with Crippen molar-refractivity contribution in [1.29, 1.82) is 0 Å².